The minimum atomic E-state index is -0.664. The summed E-state index contributed by atoms with van der Waals surface area (Å²) < 4.78 is 0. The molecule has 6 nitrogen and oxygen atoms in total. The van der Waals surface area contributed by atoms with Gasteiger partial charge in [-0.25, -0.2) is 9.59 Å². The van der Waals surface area contributed by atoms with E-state index in [9.17, 15) is 9.59 Å². The average Bonchev–Trinajstić information content (AvgIpc) is 2.71. The van der Waals surface area contributed by atoms with E-state index in [4.69, 9.17) is 0 Å². The third kappa shape index (κ3) is 1.64. The molecular formula is C11H14N2O4. The summed E-state index contributed by atoms with van der Waals surface area (Å²) in [6.07, 6.45) is 0. The molecule has 0 fully saturated rings. The van der Waals surface area contributed by atoms with E-state index in [1.807, 2.05) is 13.8 Å². The van der Waals surface area contributed by atoms with Crippen LogP contribution in [0.25, 0.3) is 0 Å². The molecule has 17 heavy (non-hydrogen) atoms. The number of nitrogens with zero attached hydrogens (tertiary/aromatic N) is 2. The first kappa shape index (κ1) is 11.8. The Morgan fingerprint density at radius 3 is 1.53 bits per heavy atom. The van der Waals surface area contributed by atoms with Gasteiger partial charge in [-0.2, -0.15) is 0 Å². The second-order valence-electron chi connectivity index (χ2n) is 4.97. The van der Waals surface area contributed by atoms with Crippen molar-refractivity contribution in [2.45, 2.75) is 27.7 Å². The minimum Gasteiger partial charge on any atom is -0.318 e. The zero-order valence-corrected chi connectivity index (χ0v) is 10.2. The van der Waals surface area contributed by atoms with Gasteiger partial charge in [0, 0.05) is 5.41 Å². The highest BCUT2D eigenvalue weighted by Crippen LogP contribution is 2.42. The van der Waals surface area contributed by atoms with E-state index in [-0.39, 0.29) is 0 Å². The van der Waals surface area contributed by atoms with Crippen LogP contribution in [0.3, 0.4) is 0 Å². The predicted molar refractivity (Wildman–Crippen MR) is 59.2 cm³/mol. The monoisotopic (exact) mass is 238 g/mol. The summed E-state index contributed by atoms with van der Waals surface area (Å²) in [7, 11) is 0. The molecule has 0 amide bonds. The molecule has 2 heterocycles. The molecule has 0 aromatic carbocycles. The number of carbonyl (C=O) groups excluding carboxylic acids is 2. The summed E-state index contributed by atoms with van der Waals surface area (Å²) in [5.74, 6) is -1.94. The van der Waals surface area contributed by atoms with Crippen molar-refractivity contribution in [1.29, 1.82) is 0 Å². The van der Waals surface area contributed by atoms with Gasteiger partial charge in [0.05, 0.1) is 11.4 Å². The van der Waals surface area contributed by atoms with Gasteiger partial charge in [0.25, 0.3) is 0 Å². The lowest BCUT2D eigenvalue weighted by molar-refractivity contribution is -0.151. The van der Waals surface area contributed by atoms with E-state index in [1.165, 1.54) is 0 Å². The van der Waals surface area contributed by atoms with Crippen LogP contribution in [-0.2, 0) is 19.3 Å². The fourth-order valence-corrected chi connectivity index (χ4v) is 2.64. The zero-order chi connectivity index (χ0) is 12.8. The van der Waals surface area contributed by atoms with Gasteiger partial charge in [-0.1, -0.05) is 24.2 Å². The Balaban J connectivity index is 2.36. The first-order valence-corrected chi connectivity index (χ1v) is 5.36. The van der Waals surface area contributed by atoms with Crippen LogP contribution in [0.5, 0.6) is 0 Å². The van der Waals surface area contributed by atoms with Gasteiger partial charge in [0.1, 0.15) is 11.8 Å². The number of rotatable bonds is 2. The minimum absolute atomic E-state index is 0.431. The molecule has 6 heteroatoms. The third-order valence-electron chi connectivity index (χ3n) is 3.35. The number of hydrogen-bond acceptors (Lipinski definition) is 6. The van der Waals surface area contributed by atoms with Gasteiger partial charge in [-0.15, -0.1) is 0 Å². The molecule has 2 aliphatic rings. The largest absolute Gasteiger partial charge is 0.344 e. The highest BCUT2D eigenvalue weighted by atomic mass is 16.7. The van der Waals surface area contributed by atoms with E-state index < -0.39 is 29.2 Å². The van der Waals surface area contributed by atoms with Gasteiger partial charge >= 0.3 is 11.9 Å². The molecule has 0 saturated carbocycles. The lowest BCUT2D eigenvalue weighted by Crippen LogP contribution is -2.43. The summed E-state index contributed by atoms with van der Waals surface area (Å²) in [6.45, 7) is 7.06. The second kappa shape index (κ2) is 3.65. The van der Waals surface area contributed by atoms with Crippen molar-refractivity contribution < 1.29 is 19.3 Å². The lowest BCUT2D eigenvalue weighted by Gasteiger charge is -2.32. The standard InChI is InChI=1S/C11H14N2O4/c1-5-7(9(14)16-12-5)11(3,4)8-6(2)13-17-10(8)15/h7-8H,1-4H3. The molecule has 2 atom stereocenters. The second-order valence-corrected chi connectivity index (χ2v) is 4.97. The van der Waals surface area contributed by atoms with E-state index in [2.05, 4.69) is 20.0 Å². The maximum Gasteiger partial charge on any atom is 0.344 e. The SMILES string of the molecule is CC1=NOC(=O)C1C(C)(C)C1C(=O)ON=C1C. The van der Waals surface area contributed by atoms with Crippen LogP contribution in [0.2, 0.25) is 0 Å². The van der Waals surface area contributed by atoms with Crippen molar-refractivity contribution in [3.63, 3.8) is 0 Å². The summed E-state index contributed by atoms with van der Waals surface area (Å²) in [4.78, 5) is 32.6. The maximum atomic E-state index is 11.7. The Morgan fingerprint density at radius 2 is 1.29 bits per heavy atom. The molecule has 2 unspecified atom stereocenters. The van der Waals surface area contributed by atoms with Crippen molar-refractivity contribution in [3.8, 4) is 0 Å². The topological polar surface area (TPSA) is 77.3 Å². The van der Waals surface area contributed by atoms with Crippen molar-refractivity contribution in [3.05, 3.63) is 0 Å². The van der Waals surface area contributed by atoms with Gasteiger partial charge in [-0.3, -0.25) is 0 Å². The molecule has 2 rings (SSSR count). The van der Waals surface area contributed by atoms with Crippen molar-refractivity contribution >= 4 is 23.4 Å². The molecule has 0 saturated heterocycles. The van der Waals surface area contributed by atoms with Gasteiger partial charge in [0.15, 0.2) is 0 Å². The van der Waals surface area contributed by atoms with Crippen LogP contribution in [0, 0.1) is 17.3 Å². The molecule has 0 spiro atoms. The zero-order valence-electron chi connectivity index (χ0n) is 10.2. The van der Waals surface area contributed by atoms with Crippen LogP contribution in [0.15, 0.2) is 10.3 Å². The molecule has 0 aliphatic carbocycles. The molecular weight excluding hydrogens is 224 g/mol. The van der Waals surface area contributed by atoms with Crippen LogP contribution < -0.4 is 0 Å². The normalized spacial score (nSPS) is 28.7. The fourth-order valence-electron chi connectivity index (χ4n) is 2.64. The number of hydrogen-bond donors (Lipinski definition) is 0. The number of oxime groups is 2. The van der Waals surface area contributed by atoms with Crippen molar-refractivity contribution in [2.24, 2.45) is 27.6 Å². The van der Waals surface area contributed by atoms with Crippen LogP contribution in [0.4, 0.5) is 0 Å². The van der Waals surface area contributed by atoms with Crippen LogP contribution in [-0.4, -0.2) is 23.4 Å². The molecule has 0 bridgehead atoms. The predicted octanol–water partition coefficient (Wildman–Crippen LogP) is 1.11. The first-order valence-electron chi connectivity index (χ1n) is 5.36. The Hall–Kier alpha value is -1.72. The highest BCUT2D eigenvalue weighted by Gasteiger charge is 2.53. The van der Waals surface area contributed by atoms with Gasteiger partial charge < -0.3 is 9.68 Å². The fraction of sp³-hybridized carbons (Fsp3) is 0.636. The van der Waals surface area contributed by atoms with E-state index in [0.29, 0.717) is 11.4 Å². The lowest BCUT2D eigenvalue weighted by atomic mass is 9.66. The molecule has 0 aromatic rings. The molecule has 0 radical (unpaired) electrons. The Kier molecular flexibility index (Phi) is 2.52. The Bertz CT molecular complexity index is 410. The van der Waals surface area contributed by atoms with Gasteiger partial charge in [-0.05, 0) is 13.8 Å². The molecule has 2 aliphatic heterocycles. The van der Waals surface area contributed by atoms with E-state index >= 15 is 0 Å². The number of carbonyl (C=O) groups is 2. The molecule has 0 aromatic heterocycles. The summed E-state index contributed by atoms with van der Waals surface area (Å²) >= 11 is 0. The highest BCUT2D eigenvalue weighted by molar-refractivity contribution is 6.09. The van der Waals surface area contributed by atoms with E-state index in [1.54, 1.807) is 13.8 Å². The first-order chi connectivity index (χ1) is 7.85. The average molecular weight is 238 g/mol. The van der Waals surface area contributed by atoms with Crippen LogP contribution in [0.1, 0.15) is 27.7 Å². The summed E-state index contributed by atoms with van der Waals surface area (Å²) in [5.41, 5.74) is 0.488. The van der Waals surface area contributed by atoms with Crippen LogP contribution >= 0.6 is 0 Å². The Labute approximate surface area is 98.6 Å². The molecule has 0 N–H and O–H groups in total. The summed E-state index contributed by atoms with van der Waals surface area (Å²) in [5, 5.41) is 7.32. The van der Waals surface area contributed by atoms with Gasteiger partial charge in [0.2, 0.25) is 0 Å². The smallest absolute Gasteiger partial charge is 0.318 e. The quantitative estimate of drug-likeness (QED) is 0.675. The third-order valence-corrected chi connectivity index (χ3v) is 3.35. The van der Waals surface area contributed by atoms with Crippen molar-refractivity contribution in [2.75, 3.05) is 0 Å². The van der Waals surface area contributed by atoms with Crippen molar-refractivity contribution in [1.82, 2.24) is 0 Å². The molecule has 92 valence electrons. The summed E-state index contributed by atoms with van der Waals surface area (Å²) in [6, 6.07) is 0. The van der Waals surface area contributed by atoms with E-state index in [0.717, 1.165) is 0 Å². The Morgan fingerprint density at radius 1 is 0.941 bits per heavy atom. The maximum absolute atomic E-state index is 11.7.